The number of hydrazone groups is 1. The number of nitrogens with zero attached hydrogens (tertiary/aromatic N) is 1. The molecule has 7 nitrogen and oxygen atoms in total. The first-order chi connectivity index (χ1) is 17.2. The molecule has 0 fully saturated rings. The van der Waals surface area contributed by atoms with Gasteiger partial charge in [-0.1, -0.05) is 32.9 Å². The minimum absolute atomic E-state index is 0.0368. The maximum atomic E-state index is 13.1. The molecule has 3 aromatic carbocycles. The molecule has 0 aliphatic carbocycles. The van der Waals surface area contributed by atoms with Crippen molar-refractivity contribution in [1.82, 2.24) is 5.43 Å². The Hall–Kier alpha value is -4.20. The van der Waals surface area contributed by atoms with Crippen molar-refractivity contribution < 1.29 is 28.2 Å². The number of benzene rings is 3. The number of halogens is 1. The summed E-state index contributed by atoms with van der Waals surface area (Å²) in [7, 11) is 0. The van der Waals surface area contributed by atoms with Crippen LogP contribution in [0.25, 0.3) is 0 Å². The Bertz CT molecular complexity index is 1220. The van der Waals surface area contributed by atoms with Gasteiger partial charge in [-0.2, -0.15) is 5.10 Å². The van der Waals surface area contributed by atoms with Crippen molar-refractivity contribution in [3.8, 4) is 17.2 Å². The first-order valence-electron chi connectivity index (χ1n) is 11.5. The molecule has 0 atom stereocenters. The molecule has 3 aromatic rings. The van der Waals surface area contributed by atoms with Crippen LogP contribution in [0, 0.1) is 5.82 Å². The summed E-state index contributed by atoms with van der Waals surface area (Å²) < 4.78 is 29.6. The van der Waals surface area contributed by atoms with E-state index in [4.69, 9.17) is 14.2 Å². The maximum Gasteiger partial charge on any atom is 0.343 e. The van der Waals surface area contributed by atoms with E-state index < -0.39 is 17.7 Å². The van der Waals surface area contributed by atoms with E-state index in [0.29, 0.717) is 23.7 Å². The van der Waals surface area contributed by atoms with Gasteiger partial charge >= 0.3 is 5.97 Å². The third-order valence-corrected chi connectivity index (χ3v) is 5.04. The average molecular weight is 493 g/mol. The van der Waals surface area contributed by atoms with Gasteiger partial charge in [-0.05, 0) is 78.1 Å². The summed E-state index contributed by atoms with van der Waals surface area (Å²) in [5, 5.41) is 3.94. The molecular formula is C28H29FN2O5. The Morgan fingerprint density at radius 1 is 0.944 bits per heavy atom. The first kappa shape index (κ1) is 26.4. The topological polar surface area (TPSA) is 86.2 Å². The Morgan fingerprint density at radius 2 is 1.64 bits per heavy atom. The van der Waals surface area contributed by atoms with Gasteiger partial charge in [-0.25, -0.2) is 14.6 Å². The fourth-order valence-corrected chi connectivity index (χ4v) is 3.11. The maximum absolute atomic E-state index is 13.1. The van der Waals surface area contributed by atoms with Crippen LogP contribution in [-0.2, 0) is 10.2 Å². The van der Waals surface area contributed by atoms with Crippen LogP contribution in [0.15, 0.2) is 71.8 Å². The molecular weight excluding hydrogens is 463 g/mol. The van der Waals surface area contributed by atoms with Crippen LogP contribution in [-0.4, -0.2) is 31.3 Å². The van der Waals surface area contributed by atoms with Gasteiger partial charge in [0.15, 0.2) is 18.1 Å². The molecule has 8 heteroatoms. The first-order valence-corrected chi connectivity index (χ1v) is 11.5. The molecule has 0 saturated heterocycles. The van der Waals surface area contributed by atoms with Crippen molar-refractivity contribution >= 4 is 18.1 Å². The zero-order chi connectivity index (χ0) is 26.1. The lowest BCUT2D eigenvalue weighted by Gasteiger charge is -2.19. The molecule has 0 heterocycles. The predicted octanol–water partition coefficient (Wildman–Crippen LogP) is 5.27. The highest BCUT2D eigenvalue weighted by Gasteiger charge is 2.14. The number of esters is 1. The highest BCUT2D eigenvalue weighted by atomic mass is 19.1. The second-order valence-corrected chi connectivity index (χ2v) is 8.89. The summed E-state index contributed by atoms with van der Waals surface area (Å²) >= 11 is 0. The molecule has 1 N–H and O–H groups in total. The third kappa shape index (κ3) is 7.66. The van der Waals surface area contributed by atoms with E-state index in [2.05, 4.69) is 31.3 Å². The molecule has 3 rings (SSSR count). The second-order valence-electron chi connectivity index (χ2n) is 8.89. The van der Waals surface area contributed by atoms with Crippen molar-refractivity contribution in [2.24, 2.45) is 5.10 Å². The zero-order valence-electron chi connectivity index (χ0n) is 20.7. The smallest absolute Gasteiger partial charge is 0.343 e. The van der Waals surface area contributed by atoms with Gasteiger partial charge in [0.2, 0.25) is 0 Å². The van der Waals surface area contributed by atoms with Crippen molar-refractivity contribution in [3.63, 3.8) is 0 Å². The van der Waals surface area contributed by atoms with Crippen LogP contribution in [0.5, 0.6) is 17.2 Å². The molecule has 0 aliphatic heterocycles. The van der Waals surface area contributed by atoms with Crippen molar-refractivity contribution in [2.45, 2.75) is 33.1 Å². The summed E-state index contributed by atoms with van der Waals surface area (Å²) in [5.41, 5.74) is 4.44. The number of hydrogen-bond donors (Lipinski definition) is 1. The fourth-order valence-electron chi connectivity index (χ4n) is 3.11. The van der Waals surface area contributed by atoms with Crippen LogP contribution in [0.4, 0.5) is 4.39 Å². The van der Waals surface area contributed by atoms with Crippen molar-refractivity contribution in [2.75, 3.05) is 13.2 Å². The molecule has 0 spiro atoms. The van der Waals surface area contributed by atoms with E-state index in [1.165, 1.54) is 36.0 Å². The minimum atomic E-state index is -0.641. The van der Waals surface area contributed by atoms with Crippen LogP contribution < -0.4 is 19.6 Å². The summed E-state index contributed by atoms with van der Waals surface area (Å²) in [5.74, 6) is -0.380. The highest BCUT2D eigenvalue weighted by molar-refractivity contribution is 5.91. The van der Waals surface area contributed by atoms with Crippen LogP contribution >= 0.6 is 0 Å². The summed E-state index contributed by atoms with van der Waals surface area (Å²) in [6.45, 7) is 8.32. The largest absolute Gasteiger partial charge is 0.490 e. The summed E-state index contributed by atoms with van der Waals surface area (Å²) in [6.07, 6.45) is 1.43. The van der Waals surface area contributed by atoms with Crippen LogP contribution in [0.2, 0.25) is 0 Å². The number of hydrogen-bond acceptors (Lipinski definition) is 6. The Balaban J connectivity index is 1.56. The van der Waals surface area contributed by atoms with Gasteiger partial charge in [0.25, 0.3) is 5.91 Å². The average Bonchev–Trinajstić information content (AvgIpc) is 2.84. The van der Waals surface area contributed by atoms with Crippen molar-refractivity contribution in [1.29, 1.82) is 0 Å². The SMILES string of the molecule is CCOc1cc(/C=N\NC(=O)COc2ccc(C(C)(C)C)cc2)ccc1OC(=O)c1ccc(F)cc1. The lowest BCUT2D eigenvalue weighted by molar-refractivity contribution is -0.123. The predicted molar refractivity (Wildman–Crippen MR) is 135 cm³/mol. The number of carbonyl (C=O) groups is 2. The zero-order valence-corrected chi connectivity index (χ0v) is 20.7. The number of amides is 1. The van der Waals surface area contributed by atoms with E-state index in [9.17, 15) is 14.0 Å². The third-order valence-electron chi connectivity index (χ3n) is 5.04. The molecule has 0 aromatic heterocycles. The number of rotatable bonds is 9. The van der Waals surface area contributed by atoms with E-state index in [1.54, 1.807) is 25.1 Å². The van der Waals surface area contributed by atoms with Gasteiger partial charge in [-0.3, -0.25) is 4.79 Å². The molecule has 36 heavy (non-hydrogen) atoms. The molecule has 188 valence electrons. The van der Waals surface area contributed by atoms with Gasteiger partial charge in [-0.15, -0.1) is 0 Å². The van der Waals surface area contributed by atoms with E-state index in [1.807, 2.05) is 24.3 Å². The molecule has 0 saturated carbocycles. The second kappa shape index (κ2) is 12.0. The monoisotopic (exact) mass is 492 g/mol. The van der Waals surface area contributed by atoms with E-state index >= 15 is 0 Å². The van der Waals surface area contributed by atoms with Crippen LogP contribution in [0.1, 0.15) is 49.2 Å². The summed E-state index contributed by atoms with van der Waals surface area (Å²) in [6, 6.07) is 17.5. The van der Waals surface area contributed by atoms with E-state index in [-0.39, 0.29) is 23.3 Å². The van der Waals surface area contributed by atoms with Crippen LogP contribution in [0.3, 0.4) is 0 Å². The lowest BCUT2D eigenvalue weighted by atomic mass is 9.87. The van der Waals surface area contributed by atoms with Gasteiger partial charge in [0, 0.05) is 0 Å². The van der Waals surface area contributed by atoms with E-state index in [0.717, 1.165) is 0 Å². The van der Waals surface area contributed by atoms with Gasteiger partial charge in [0.1, 0.15) is 11.6 Å². The molecule has 0 radical (unpaired) electrons. The Labute approximate surface area is 209 Å². The molecule has 0 aliphatic rings. The molecule has 1 amide bonds. The lowest BCUT2D eigenvalue weighted by Crippen LogP contribution is -2.24. The van der Waals surface area contributed by atoms with Crippen molar-refractivity contribution in [3.05, 3.63) is 89.2 Å². The molecule has 0 bridgehead atoms. The quantitative estimate of drug-likeness (QED) is 0.190. The number of nitrogens with one attached hydrogen (secondary N) is 1. The van der Waals surface area contributed by atoms with Gasteiger partial charge < -0.3 is 14.2 Å². The Morgan fingerprint density at radius 3 is 2.28 bits per heavy atom. The Kier molecular flexibility index (Phi) is 8.78. The number of carbonyl (C=O) groups excluding carboxylic acids is 2. The molecule has 0 unspecified atom stereocenters. The minimum Gasteiger partial charge on any atom is -0.490 e. The highest BCUT2D eigenvalue weighted by Crippen LogP contribution is 2.29. The van der Waals surface area contributed by atoms with Gasteiger partial charge in [0.05, 0.1) is 18.4 Å². The fraction of sp³-hybridized carbons (Fsp3) is 0.250. The normalized spacial score (nSPS) is 11.2. The summed E-state index contributed by atoms with van der Waals surface area (Å²) in [4.78, 5) is 24.4. The standard InChI is InChI=1S/C28H29FN2O5/c1-5-34-25-16-19(6-15-24(25)36-27(33)20-7-11-22(29)12-8-20)17-30-31-26(32)18-35-23-13-9-21(10-14-23)28(2,3)4/h6-17H,5,18H2,1-4H3,(H,31,32)/b30-17-. The number of ether oxygens (including phenoxy) is 3.